The van der Waals surface area contributed by atoms with Crippen molar-refractivity contribution in [2.24, 2.45) is 10.9 Å². The first-order valence-corrected chi connectivity index (χ1v) is 9.30. The van der Waals surface area contributed by atoms with Gasteiger partial charge in [0.1, 0.15) is 6.04 Å². The van der Waals surface area contributed by atoms with Crippen molar-refractivity contribution in [3.05, 3.63) is 4.91 Å². The molecule has 0 aliphatic carbocycles. The summed E-state index contributed by atoms with van der Waals surface area (Å²) in [5, 5.41) is 3.11. The Balaban J connectivity index is 3.14. The molecule has 0 rings (SSSR count). The van der Waals surface area contributed by atoms with E-state index in [4.69, 9.17) is 5.73 Å². The summed E-state index contributed by atoms with van der Waals surface area (Å²) in [4.78, 5) is 10.6. The van der Waals surface area contributed by atoms with Crippen molar-refractivity contribution in [2.75, 3.05) is 0 Å². The van der Waals surface area contributed by atoms with Crippen molar-refractivity contribution in [3.63, 3.8) is 0 Å². The molecule has 0 aliphatic rings. The molecule has 0 aliphatic heterocycles. The van der Waals surface area contributed by atoms with E-state index in [2.05, 4.69) is 12.1 Å². The molecule has 0 aromatic heterocycles. The van der Waals surface area contributed by atoms with Crippen LogP contribution < -0.4 is 5.73 Å². The molecule has 2 atom stereocenters. The lowest BCUT2D eigenvalue weighted by Gasteiger charge is -2.12. The molecule has 0 radical (unpaired) electrons. The van der Waals surface area contributed by atoms with Crippen LogP contribution in [0.5, 0.6) is 0 Å². The van der Waals surface area contributed by atoms with Crippen LogP contribution in [0.25, 0.3) is 0 Å². The van der Waals surface area contributed by atoms with E-state index in [9.17, 15) is 4.91 Å². The highest BCUT2D eigenvalue weighted by Gasteiger charge is 2.12. The summed E-state index contributed by atoms with van der Waals surface area (Å²) in [7, 11) is 0. The first-order chi connectivity index (χ1) is 10.2. The number of nitrogens with zero attached hydrogens (tertiary/aromatic N) is 1. The third-order valence-corrected chi connectivity index (χ3v) is 4.35. The largest absolute Gasteiger partial charge is 0.326 e. The van der Waals surface area contributed by atoms with Crippen LogP contribution in [0.4, 0.5) is 0 Å². The number of nitrogens with two attached hydrogens (primary N) is 1. The molecule has 0 fully saturated rings. The van der Waals surface area contributed by atoms with Gasteiger partial charge in [-0.2, -0.15) is 4.91 Å². The summed E-state index contributed by atoms with van der Waals surface area (Å²) < 4.78 is 0. The van der Waals surface area contributed by atoms with E-state index in [0.29, 0.717) is 0 Å². The van der Waals surface area contributed by atoms with Crippen molar-refractivity contribution < 1.29 is 0 Å². The highest BCUT2D eigenvalue weighted by molar-refractivity contribution is 4.74. The van der Waals surface area contributed by atoms with Crippen molar-refractivity contribution in [2.45, 2.75) is 116 Å². The number of hydrogen-bond acceptors (Lipinski definition) is 3. The molecule has 126 valence electrons. The molecular formula is C18H38N2O. The monoisotopic (exact) mass is 298 g/mol. The van der Waals surface area contributed by atoms with Gasteiger partial charge in [0, 0.05) is 6.04 Å². The van der Waals surface area contributed by atoms with E-state index in [1.54, 1.807) is 0 Å². The number of unbranched alkanes of at least 4 members (excludes halogenated alkanes) is 12. The van der Waals surface area contributed by atoms with E-state index in [-0.39, 0.29) is 12.1 Å². The minimum Gasteiger partial charge on any atom is -0.326 e. The molecule has 2 N–H and O–H groups in total. The van der Waals surface area contributed by atoms with Gasteiger partial charge in [0.2, 0.25) is 0 Å². The van der Waals surface area contributed by atoms with Gasteiger partial charge < -0.3 is 5.73 Å². The summed E-state index contributed by atoms with van der Waals surface area (Å²) in [5.74, 6) is 0. The topological polar surface area (TPSA) is 55.5 Å². The van der Waals surface area contributed by atoms with Crippen molar-refractivity contribution in [1.29, 1.82) is 0 Å². The zero-order valence-corrected chi connectivity index (χ0v) is 14.5. The Morgan fingerprint density at radius 3 is 1.48 bits per heavy atom. The Morgan fingerprint density at radius 1 is 0.762 bits per heavy atom. The fourth-order valence-corrected chi connectivity index (χ4v) is 2.78. The van der Waals surface area contributed by atoms with Gasteiger partial charge >= 0.3 is 0 Å². The predicted molar refractivity (Wildman–Crippen MR) is 93.5 cm³/mol. The molecule has 0 heterocycles. The van der Waals surface area contributed by atoms with Crippen LogP contribution in [0.15, 0.2) is 5.18 Å². The van der Waals surface area contributed by atoms with Gasteiger partial charge in [0.15, 0.2) is 0 Å². The van der Waals surface area contributed by atoms with Crippen LogP contribution in [0, 0.1) is 4.91 Å². The lowest BCUT2D eigenvalue weighted by molar-refractivity contribution is 0.480. The van der Waals surface area contributed by atoms with Gasteiger partial charge in [0.05, 0.1) is 0 Å². The smallest absolute Gasteiger partial charge is 0.107 e. The Bertz CT molecular complexity index is 219. The van der Waals surface area contributed by atoms with Crippen LogP contribution in [0.3, 0.4) is 0 Å². The van der Waals surface area contributed by atoms with Gasteiger partial charge in [-0.25, -0.2) is 0 Å². The fraction of sp³-hybridized carbons (Fsp3) is 1.00. The zero-order valence-electron chi connectivity index (χ0n) is 14.5. The molecule has 0 amide bonds. The number of rotatable bonds is 16. The Morgan fingerprint density at radius 2 is 1.14 bits per heavy atom. The van der Waals surface area contributed by atoms with Crippen molar-refractivity contribution >= 4 is 0 Å². The minimum atomic E-state index is -0.183. The molecule has 0 aromatic rings. The zero-order chi connectivity index (χ0) is 15.8. The summed E-state index contributed by atoms with van der Waals surface area (Å²) in [6, 6.07) is -0.280. The lowest BCUT2D eigenvalue weighted by Crippen LogP contribution is -2.29. The van der Waals surface area contributed by atoms with Crippen molar-refractivity contribution in [1.82, 2.24) is 0 Å². The van der Waals surface area contributed by atoms with Crippen LogP contribution >= 0.6 is 0 Å². The fourth-order valence-electron chi connectivity index (χ4n) is 2.78. The molecule has 21 heavy (non-hydrogen) atoms. The number of hydrogen-bond donors (Lipinski definition) is 1. The molecule has 0 spiro atoms. The molecule has 3 nitrogen and oxygen atoms in total. The van der Waals surface area contributed by atoms with Gasteiger partial charge in [-0.3, -0.25) is 0 Å². The molecule has 3 heteroatoms. The maximum Gasteiger partial charge on any atom is 0.107 e. The van der Waals surface area contributed by atoms with Crippen LogP contribution in [-0.2, 0) is 0 Å². The lowest BCUT2D eigenvalue weighted by atomic mass is 10.0. The van der Waals surface area contributed by atoms with Crippen LogP contribution in [-0.4, -0.2) is 12.1 Å². The third-order valence-electron chi connectivity index (χ3n) is 4.35. The molecular weight excluding hydrogens is 260 g/mol. The summed E-state index contributed by atoms with van der Waals surface area (Å²) in [5.41, 5.74) is 5.70. The SMILES string of the molecule is CCCCCCCCCCCCCCCC(N=O)[C@H](C)N. The first kappa shape index (κ1) is 20.6. The average Bonchev–Trinajstić information content (AvgIpc) is 2.47. The van der Waals surface area contributed by atoms with E-state index < -0.39 is 0 Å². The van der Waals surface area contributed by atoms with Gasteiger partial charge in [-0.15, -0.1) is 0 Å². The Kier molecular flexibility index (Phi) is 15.6. The summed E-state index contributed by atoms with van der Waals surface area (Å²) in [6.07, 6.45) is 18.4. The Labute approximate surface area is 132 Å². The summed E-state index contributed by atoms with van der Waals surface area (Å²) in [6.45, 7) is 4.14. The van der Waals surface area contributed by atoms with E-state index in [1.807, 2.05) is 6.92 Å². The maximum atomic E-state index is 10.6. The average molecular weight is 299 g/mol. The van der Waals surface area contributed by atoms with E-state index in [0.717, 1.165) is 12.8 Å². The quantitative estimate of drug-likeness (QED) is 0.283. The third kappa shape index (κ3) is 14.3. The van der Waals surface area contributed by atoms with E-state index in [1.165, 1.54) is 77.0 Å². The molecule has 0 saturated carbocycles. The van der Waals surface area contributed by atoms with Gasteiger partial charge in [-0.05, 0) is 13.3 Å². The van der Waals surface area contributed by atoms with Gasteiger partial charge in [-0.1, -0.05) is 95.6 Å². The molecule has 0 aromatic carbocycles. The second kappa shape index (κ2) is 15.9. The molecule has 0 bridgehead atoms. The normalized spacial score (nSPS) is 14.0. The van der Waals surface area contributed by atoms with Crippen LogP contribution in [0.1, 0.15) is 104 Å². The standard InChI is InChI=1S/C18H38N2O/c1-3-4-5-6-7-8-9-10-11-12-13-14-15-16-18(20-21)17(2)19/h17-18H,3-16,19H2,1-2H3/t17-,18?/m0/s1. The first-order valence-electron chi connectivity index (χ1n) is 9.30. The highest BCUT2D eigenvalue weighted by Crippen LogP contribution is 2.14. The number of nitroso groups, excluding NO2 is 1. The molecule has 0 saturated heterocycles. The van der Waals surface area contributed by atoms with Crippen molar-refractivity contribution in [3.8, 4) is 0 Å². The highest BCUT2D eigenvalue weighted by atomic mass is 16.3. The second-order valence-electron chi connectivity index (χ2n) is 6.56. The Hall–Kier alpha value is -0.440. The van der Waals surface area contributed by atoms with E-state index >= 15 is 0 Å². The van der Waals surface area contributed by atoms with Crippen LogP contribution in [0.2, 0.25) is 0 Å². The second-order valence-corrected chi connectivity index (χ2v) is 6.56. The van der Waals surface area contributed by atoms with Gasteiger partial charge in [0.25, 0.3) is 0 Å². The summed E-state index contributed by atoms with van der Waals surface area (Å²) >= 11 is 0. The molecule has 1 unspecified atom stereocenters. The maximum absolute atomic E-state index is 10.6. The predicted octanol–water partition coefficient (Wildman–Crippen LogP) is 5.95. The minimum absolute atomic E-state index is 0.0974.